The van der Waals surface area contributed by atoms with Crippen LogP contribution in [0.1, 0.15) is 27.2 Å². The zero-order valence-corrected chi connectivity index (χ0v) is 12.9. The van der Waals surface area contributed by atoms with Gasteiger partial charge < -0.3 is 19.9 Å². The average Bonchev–Trinajstić information content (AvgIpc) is 2.45. The number of hydrogen-bond acceptors (Lipinski definition) is 4. The Morgan fingerprint density at radius 2 is 1.82 bits per heavy atom. The van der Waals surface area contributed by atoms with E-state index in [2.05, 4.69) is 5.32 Å². The van der Waals surface area contributed by atoms with Crippen LogP contribution in [0.3, 0.4) is 0 Å². The molecule has 1 aliphatic heterocycles. The molecule has 0 bridgehead atoms. The van der Waals surface area contributed by atoms with Gasteiger partial charge in [-0.2, -0.15) is 0 Å². The van der Waals surface area contributed by atoms with Crippen LogP contribution >= 0.6 is 0 Å². The molecule has 2 rings (SSSR count). The molecule has 0 saturated heterocycles. The van der Waals surface area contributed by atoms with Crippen LogP contribution < -0.4 is 14.8 Å². The third-order valence-corrected chi connectivity index (χ3v) is 3.42. The summed E-state index contributed by atoms with van der Waals surface area (Å²) < 4.78 is 11.3. The Labute approximate surface area is 129 Å². The van der Waals surface area contributed by atoms with Gasteiger partial charge >= 0.3 is 5.97 Å². The highest BCUT2D eigenvalue weighted by Gasteiger charge is 2.36. The van der Waals surface area contributed by atoms with Gasteiger partial charge in [0.05, 0.1) is 0 Å². The van der Waals surface area contributed by atoms with Crippen molar-refractivity contribution in [3.63, 3.8) is 0 Å². The molecule has 1 heterocycles. The molecule has 3 atom stereocenters. The quantitative estimate of drug-likeness (QED) is 0.867. The minimum absolute atomic E-state index is 0.156. The number of hydrogen-bond donors (Lipinski definition) is 2. The number of rotatable bonds is 5. The van der Waals surface area contributed by atoms with E-state index in [-0.39, 0.29) is 5.92 Å². The fraction of sp³-hybridized carbons (Fsp3) is 0.500. The van der Waals surface area contributed by atoms with E-state index in [1.807, 2.05) is 19.9 Å². The Kier molecular flexibility index (Phi) is 4.90. The van der Waals surface area contributed by atoms with Crippen molar-refractivity contribution in [3.8, 4) is 11.5 Å². The largest absolute Gasteiger partial charge is 0.482 e. The van der Waals surface area contributed by atoms with Gasteiger partial charge in [0, 0.05) is 0 Å². The van der Waals surface area contributed by atoms with Crippen molar-refractivity contribution in [2.75, 3.05) is 0 Å². The summed E-state index contributed by atoms with van der Waals surface area (Å²) in [5.74, 6) is -0.308. The van der Waals surface area contributed by atoms with Crippen LogP contribution in [0.5, 0.6) is 11.5 Å². The average molecular weight is 307 g/mol. The molecule has 22 heavy (non-hydrogen) atoms. The van der Waals surface area contributed by atoms with E-state index >= 15 is 0 Å². The first-order valence-electron chi connectivity index (χ1n) is 7.34. The smallest absolute Gasteiger partial charge is 0.326 e. The Hall–Kier alpha value is -2.24. The van der Waals surface area contributed by atoms with Crippen molar-refractivity contribution in [1.82, 2.24) is 5.32 Å². The lowest BCUT2D eigenvalue weighted by molar-refractivity contribution is -0.145. The third-order valence-electron chi connectivity index (χ3n) is 3.42. The van der Waals surface area contributed by atoms with Gasteiger partial charge in [-0.05, 0) is 31.4 Å². The summed E-state index contributed by atoms with van der Waals surface area (Å²) in [6, 6.07) is 6.15. The Balaban J connectivity index is 2.07. The summed E-state index contributed by atoms with van der Waals surface area (Å²) in [4.78, 5) is 23.6. The van der Waals surface area contributed by atoms with E-state index in [0.717, 1.165) is 0 Å². The minimum atomic E-state index is -1.05. The van der Waals surface area contributed by atoms with E-state index in [1.165, 1.54) is 0 Å². The molecule has 1 aliphatic rings. The van der Waals surface area contributed by atoms with Crippen LogP contribution in [-0.2, 0) is 9.59 Å². The highest BCUT2D eigenvalue weighted by Crippen LogP contribution is 2.33. The highest BCUT2D eigenvalue weighted by molar-refractivity contribution is 5.87. The number of aliphatic carboxylic acids is 1. The van der Waals surface area contributed by atoms with E-state index in [0.29, 0.717) is 17.9 Å². The van der Waals surface area contributed by atoms with Gasteiger partial charge in [0.25, 0.3) is 5.91 Å². The van der Waals surface area contributed by atoms with E-state index in [1.54, 1.807) is 25.1 Å². The molecular formula is C16H21NO5. The van der Waals surface area contributed by atoms with E-state index in [9.17, 15) is 14.7 Å². The van der Waals surface area contributed by atoms with Crippen LogP contribution in [0, 0.1) is 5.92 Å². The maximum absolute atomic E-state index is 12.3. The van der Waals surface area contributed by atoms with Gasteiger partial charge in [0.2, 0.25) is 6.10 Å². The first-order chi connectivity index (χ1) is 10.4. The second-order valence-electron chi connectivity index (χ2n) is 5.84. The van der Waals surface area contributed by atoms with Crippen LogP contribution in [0.25, 0.3) is 0 Å². The van der Waals surface area contributed by atoms with Crippen molar-refractivity contribution >= 4 is 11.9 Å². The zero-order chi connectivity index (χ0) is 16.3. The number of fused-ring (bicyclic) bond motifs is 1. The summed E-state index contributed by atoms with van der Waals surface area (Å²) in [5, 5.41) is 11.7. The molecule has 1 aromatic carbocycles. The molecule has 0 fully saturated rings. The van der Waals surface area contributed by atoms with Crippen LogP contribution in [-0.4, -0.2) is 35.2 Å². The molecule has 0 saturated carbocycles. The first kappa shape index (κ1) is 16.1. The summed E-state index contributed by atoms with van der Waals surface area (Å²) in [7, 11) is 0. The van der Waals surface area contributed by atoms with Crippen molar-refractivity contribution in [1.29, 1.82) is 0 Å². The van der Waals surface area contributed by atoms with Crippen molar-refractivity contribution in [2.45, 2.75) is 45.4 Å². The maximum Gasteiger partial charge on any atom is 0.326 e. The molecular weight excluding hydrogens is 286 g/mol. The standard InChI is InChI=1S/C16H21NO5/c1-9(2)8-11(16(19)20)17-15(18)14-10(3)21-12-6-4-5-7-13(12)22-14/h4-7,9-11,14H,8H2,1-3H3,(H,17,18)(H,19,20). The topological polar surface area (TPSA) is 84.9 Å². The fourth-order valence-electron chi connectivity index (χ4n) is 2.35. The fourth-order valence-corrected chi connectivity index (χ4v) is 2.35. The Morgan fingerprint density at radius 1 is 1.23 bits per heavy atom. The summed E-state index contributed by atoms with van der Waals surface area (Å²) in [5.41, 5.74) is 0. The molecule has 120 valence electrons. The van der Waals surface area contributed by atoms with E-state index in [4.69, 9.17) is 9.47 Å². The second kappa shape index (κ2) is 6.68. The number of nitrogens with one attached hydrogen (secondary N) is 1. The lowest BCUT2D eigenvalue weighted by Gasteiger charge is -2.31. The number of carboxylic acid groups (broad SMARTS) is 1. The van der Waals surface area contributed by atoms with Crippen LogP contribution in [0.15, 0.2) is 24.3 Å². The molecule has 6 nitrogen and oxygen atoms in total. The lowest BCUT2D eigenvalue weighted by atomic mass is 10.0. The molecule has 1 aromatic rings. The molecule has 0 spiro atoms. The third kappa shape index (κ3) is 3.69. The van der Waals surface area contributed by atoms with Gasteiger partial charge in [-0.1, -0.05) is 26.0 Å². The first-order valence-corrected chi connectivity index (χ1v) is 7.34. The highest BCUT2D eigenvalue weighted by atomic mass is 16.6. The molecule has 0 aromatic heterocycles. The Bertz CT molecular complexity index is 557. The molecule has 0 radical (unpaired) electrons. The van der Waals surface area contributed by atoms with Crippen molar-refractivity contribution in [3.05, 3.63) is 24.3 Å². The normalized spacial score (nSPS) is 21.3. The SMILES string of the molecule is CC(C)CC(NC(=O)C1Oc2ccccc2OC1C)C(=O)O. The number of carbonyl (C=O) groups is 2. The molecule has 2 N–H and O–H groups in total. The number of benzene rings is 1. The van der Waals surface area contributed by atoms with Crippen LogP contribution in [0.4, 0.5) is 0 Å². The molecule has 1 amide bonds. The summed E-state index contributed by atoms with van der Waals surface area (Å²) >= 11 is 0. The summed E-state index contributed by atoms with van der Waals surface area (Å²) in [6.45, 7) is 5.53. The van der Waals surface area contributed by atoms with Crippen LogP contribution in [0.2, 0.25) is 0 Å². The molecule has 6 heteroatoms. The predicted molar refractivity (Wildman–Crippen MR) is 80.0 cm³/mol. The number of carboxylic acids is 1. The number of ether oxygens (including phenoxy) is 2. The lowest BCUT2D eigenvalue weighted by Crippen LogP contribution is -2.53. The van der Waals surface area contributed by atoms with Crippen molar-refractivity contribution in [2.24, 2.45) is 5.92 Å². The van der Waals surface area contributed by atoms with Crippen molar-refractivity contribution < 1.29 is 24.2 Å². The monoisotopic (exact) mass is 307 g/mol. The number of para-hydroxylation sites is 2. The second-order valence-corrected chi connectivity index (χ2v) is 5.84. The predicted octanol–water partition coefficient (Wildman–Crippen LogP) is 1.83. The van der Waals surface area contributed by atoms with Gasteiger partial charge in [0.15, 0.2) is 11.5 Å². The zero-order valence-electron chi connectivity index (χ0n) is 12.9. The molecule has 3 unspecified atom stereocenters. The van der Waals surface area contributed by atoms with Gasteiger partial charge in [-0.15, -0.1) is 0 Å². The minimum Gasteiger partial charge on any atom is -0.482 e. The van der Waals surface area contributed by atoms with E-state index < -0.39 is 30.1 Å². The van der Waals surface area contributed by atoms with Gasteiger partial charge in [0.1, 0.15) is 12.1 Å². The maximum atomic E-state index is 12.3. The number of carbonyl (C=O) groups excluding carboxylic acids is 1. The summed E-state index contributed by atoms with van der Waals surface area (Å²) in [6.07, 6.45) is -1.01. The van der Waals surface area contributed by atoms with Gasteiger partial charge in [-0.25, -0.2) is 4.79 Å². The molecule has 0 aliphatic carbocycles. The Morgan fingerprint density at radius 3 is 2.36 bits per heavy atom. The van der Waals surface area contributed by atoms with Gasteiger partial charge in [-0.3, -0.25) is 4.79 Å². The number of amides is 1.